The van der Waals surface area contributed by atoms with Crippen LogP contribution in [-0.2, 0) is 0 Å². The first-order valence-corrected chi connectivity index (χ1v) is 3.20. The number of rotatable bonds is 2. The Balaban J connectivity index is 2.12. The van der Waals surface area contributed by atoms with Crippen molar-refractivity contribution in [3.8, 4) is 0 Å². The maximum absolute atomic E-state index is 9.19. The molecule has 1 aliphatic heterocycles. The maximum atomic E-state index is 9.19. The lowest BCUT2D eigenvalue weighted by Gasteiger charge is -2.43. The number of hydrogen-bond donors (Lipinski definition) is 2. The first-order valence-electron chi connectivity index (χ1n) is 3.20. The third-order valence-electron chi connectivity index (χ3n) is 1.54. The summed E-state index contributed by atoms with van der Waals surface area (Å²) in [5.41, 5.74) is -0.491. The molecule has 1 fully saturated rings. The average Bonchev–Trinajstić information content (AvgIpc) is 1.62. The molecule has 3 heteroatoms. The molecule has 0 atom stereocenters. The fraction of sp³-hybridized carbons (Fsp3) is 1.00. The van der Waals surface area contributed by atoms with Crippen molar-refractivity contribution in [2.75, 3.05) is 26.2 Å². The van der Waals surface area contributed by atoms with Crippen molar-refractivity contribution < 1.29 is 10.2 Å². The van der Waals surface area contributed by atoms with Crippen LogP contribution in [0.3, 0.4) is 0 Å². The van der Waals surface area contributed by atoms with Crippen LogP contribution in [0.2, 0.25) is 0 Å². The van der Waals surface area contributed by atoms with Gasteiger partial charge in [0.25, 0.3) is 0 Å². The van der Waals surface area contributed by atoms with Gasteiger partial charge in [-0.25, -0.2) is 0 Å². The van der Waals surface area contributed by atoms with E-state index in [1.54, 1.807) is 6.92 Å². The van der Waals surface area contributed by atoms with Gasteiger partial charge >= 0.3 is 0 Å². The van der Waals surface area contributed by atoms with Crippen molar-refractivity contribution in [2.45, 2.75) is 12.5 Å². The standard InChI is InChI=1S/C6H13NO2/c1-6(9)4-7(5-6)2-3-8/h8-9H,2-5H2,1H3. The van der Waals surface area contributed by atoms with E-state index in [1.807, 2.05) is 4.90 Å². The van der Waals surface area contributed by atoms with Gasteiger partial charge in [-0.3, -0.25) is 4.90 Å². The molecule has 1 aliphatic rings. The summed E-state index contributed by atoms with van der Waals surface area (Å²) in [6.45, 7) is 4.09. The molecule has 0 aromatic rings. The highest BCUT2D eigenvalue weighted by Crippen LogP contribution is 2.18. The van der Waals surface area contributed by atoms with E-state index in [4.69, 9.17) is 5.11 Å². The van der Waals surface area contributed by atoms with Crippen molar-refractivity contribution >= 4 is 0 Å². The molecule has 1 heterocycles. The lowest BCUT2D eigenvalue weighted by atomic mass is 9.97. The van der Waals surface area contributed by atoms with Crippen LogP contribution in [0.25, 0.3) is 0 Å². The molecule has 54 valence electrons. The molecule has 0 bridgehead atoms. The second-order valence-corrected chi connectivity index (χ2v) is 2.93. The Morgan fingerprint density at radius 3 is 2.44 bits per heavy atom. The highest BCUT2D eigenvalue weighted by Gasteiger charge is 2.35. The Morgan fingerprint density at radius 2 is 2.11 bits per heavy atom. The Kier molecular flexibility index (Phi) is 1.75. The second kappa shape index (κ2) is 2.25. The van der Waals surface area contributed by atoms with Gasteiger partial charge in [-0.15, -0.1) is 0 Å². The number of nitrogens with zero attached hydrogens (tertiary/aromatic N) is 1. The van der Waals surface area contributed by atoms with E-state index in [-0.39, 0.29) is 6.61 Å². The molecule has 9 heavy (non-hydrogen) atoms. The molecule has 0 unspecified atom stereocenters. The molecule has 0 amide bonds. The van der Waals surface area contributed by atoms with Gasteiger partial charge in [-0.2, -0.15) is 0 Å². The van der Waals surface area contributed by atoms with E-state index in [2.05, 4.69) is 0 Å². The molecule has 0 aromatic carbocycles. The topological polar surface area (TPSA) is 43.7 Å². The smallest absolute Gasteiger partial charge is 0.0872 e. The average molecular weight is 131 g/mol. The van der Waals surface area contributed by atoms with Gasteiger partial charge in [0, 0.05) is 19.6 Å². The summed E-state index contributed by atoms with van der Waals surface area (Å²) in [4.78, 5) is 2.01. The van der Waals surface area contributed by atoms with Gasteiger partial charge in [0.15, 0.2) is 0 Å². The Bertz CT molecular complexity index is 95.2. The lowest BCUT2D eigenvalue weighted by Crippen LogP contribution is -2.60. The van der Waals surface area contributed by atoms with Gasteiger partial charge in [-0.1, -0.05) is 0 Å². The zero-order valence-corrected chi connectivity index (χ0v) is 5.67. The number of likely N-dealkylation sites (tertiary alicyclic amines) is 1. The summed E-state index contributed by atoms with van der Waals surface area (Å²) in [5.74, 6) is 0. The minimum absolute atomic E-state index is 0.191. The van der Waals surface area contributed by atoms with Crippen molar-refractivity contribution in [3.63, 3.8) is 0 Å². The monoisotopic (exact) mass is 131 g/mol. The van der Waals surface area contributed by atoms with Gasteiger partial charge in [0.05, 0.1) is 12.2 Å². The van der Waals surface area contributed by atoms with E-state index < -0.39 is 5.60 Å². The molecule has 0 radical (unpaired) electrons. The zero-order valence-electron chi connectivity index (χ0n) is 5.67. The first-order chi connectivity index (χ1) is 4.14. The summed E-state index contributed by atoms with van der Waals surface area (Å²) < 4.78 is 0. The fourth-order valence-electron chi connectivity index (χ4n) is 1.22. The van der Waals surface area contributed by atoms with E-state index in [1.165, 1.54) is 0 Å². The Morgan fingerprint density at radius 1 is 1.56 bits per heavy atom. The number of hydrogen-bond acceptors (Lipinski definition) is 3. The number of aliphatic hydroxyl groups excluding tert-OH is 1. The van der Waals surface area contributed by atoms with E-state index in [0.717, 1.165) is 0 Å². The molecule has 0 spiro atoms. The van der Waals surface area contributed by atoms with Crippen LogP contribution in [0, 0.1) is 0 Å². The summed E-state index contributed by atoms with van der Waals surface area (Å²) in [7, 11) is 0. The van der Waals surface area contributed by atoms with Crippen LogP contribution in [0.1, 0.15) is 6.92 Å². The van der Waals surface area contributed by atoms with Crippen molar-refractivity contribution in [1.29, 1.82) is 0 Å². The van der Waals surface area contributed by atoms with Crippen molar-refractivity contribution in [1.82, 2.24) is 4.90 Å². The van der Waals surface area contributed by atoms with Crippen LogP contribution < -0.4 is 0 Å². The number of aliphatic hydroxyl groups is 2. The summed E-state index contributed by atoms with van der Waals surface area (Å²) >= 11 is 0. The summed E-state index contributed by atoms with van der Waals surface area (Å²) in [6.07, 6.45) is 0. The minimum atomic E-state index is -0.491. The van der Waals surface area contributed by atoms with Gasteiger partial charge in [0.2, 0.25) is 0 Å². The highest BCUT2D eigenvalue weighted by atomic mass is 16.3. The lowest BCUT2D eigenvalue weighted by molar-refractivity contribution is -0.0868. The SMILES string of the molecule is CC1(O)CN(CCO)C1. The van der Waals surface area contributed by atoms with Crippen molar-refractivity contribution in [2.24, 2.45) is 0 Å². The molecule has 1 rings (SSSR count). The molecule has 0 saturated carbocycles. The largest absolute Gasteiger partial charge is 0.395 e. The quantitative estimate of drug-likeness (QED) is 0.507. The molecule has 2 N–H and O–H groups in total. The molecule has 0 aliphatic carbocycles. The van der Waals surface area contributed by atoms with E-state index in [0.29, 0.717) is 19.6 Å². The van der Waals surface area contributed by atoms with Gasteiger partial charge < -0.3 is 10.2 Å². The maximum Gasteiger partial charge on any atom is 0.0872 e. The first kappa shape index (κ1) is 6.99. The predicted molar refractivity (Wildman–Crippen MR) is 34.1 cm³/mol. The van der Waals surface area contributed by atoms with Crippen LogP contribution in [-0.4, -0.2) is 47.0 Å². The fourth-order valence-corrected chi connectivity index (χ4v) is 1.22. The van der Waals surface area contributed by atoms with Crippen LogP contribution in [0.5, 0.6) is 0 Å². The normalized spacial score (nSPS) is 25.7. The van der Waals surface area contributed by atoms with Gasteiger partial charge in [0.1, 0.15) is 0 Å². The minimum Gasteiger partial charge on any atom is -0.395 e. The number of β-amino-alcohol motifs (C(OH)–C–C–N with tert-alkyl or cyclic N) is 2. The Labute approximate surface area is 54.9 Å². The summed E-state index contributed by atoms with van der Waals surface area (Å²) in [5, 5.41) is 17.6. The molecule has 1 saturated heterocycles. The predicted octanol–water partition coefficient (Wildman–Crippen LogP) is -0.955. The summed E-state index contributed by atoms with van der Waals surface area (Å²) in [6, 6.07) is 0. The van der Waals surface area contributed by atoms with Gasteiger partial charge in [-0.05, 0) is 6.92 Å². The molecule has 3 nitrogen and oxygen atoms in total. The third-order valence-corrected chi connectivity index (χ3v) is 1.54. The third kappa shape index (κ3) is 1.64. The zero-order chi connectivity index (χ0) is 6.91. The van der Waals surface area contributed by atoms with Crippen LogP contribution in [0.15, 0.2) is 0 Å². The molecule has 0 aromatic heterocycles. The highest BCUT2D eigenvalue weighted by molar-refractivity contribution is 4.90. The van der Waals surface area contributed by atoms with E-state index >= 15 is 0 Å². The van der Waals surface area contributed by atoms with Crippen molar-refractivity contribution in [3.05, 3.63) is 0 Å². The molecular formula is C6H13NO2. The van der Waals surface area contributed by atoms with Crippen LogP contribution >= 0.6 is 0 Å². The second-order valence-electron chi connectivity index (χ2n) is 2.93. The van der Waals surface area contributed by atoms with E-state index in [9.17, 15) is 5.11 Å². The Hall–Kier alpha value is -0.120. The van der Waals surface area contributed by atoms with Crippen LogP contribution in [0.4, 0.5) is 0 Å². The molecular weight excluding hydrogens is 118 g/mol.